The number of hydrogen-bond acceptors (Lipinski definition) is 4. The first-order valence-electron chi connectivity index (χ1n) is 6.12. The van der Waals surface area contributed by atoms with E-state index in [-0.39, 0.29) is 0 Å². The summed E-state index contributed by atoms with van der Waals surface area (Å²) in [6, 6.07) is 4.00. The van der Waals surface area contributed by atoms with Gasteiger partial charge in [-0.2, -0.15) is 0 Å². The van der Waals surface area contributed by atoms with E-state index in [0.717, 1.165) is 48.7 Å². The molecule has 0 radical (unpaired) electrons. The van der Waals surface area contributed by atoms with Crippen LogP contribution in [0.1, 0.15) is 24.6 Å². The van der Waals surface area contributed by atoms with E-state index in [1.165, 1.54) is 0 Å². The molecule has 0 aliphatic carbocycles. The molecule has 5 nitrogen and oxygen atoms in total. The summed E-state index contributed by atoms with van der Waals surface area (Å²) in [6.45, 7) is 2.16. The zero-order valence-corrected chi connectivity index (χ0v) is 9.95. The number of rotatable bonds is 2. The van der Waals surface area contributed by atoms with Crippen molar-refractivity contribution in [1.82, 2.24) is 20.3 Å². The summed E-state index contributed by atoms with van der Waals surface area (Å²) in [5.41, 5.74) is 1.84. The fraction of sp³-hybridized carbons (Fsp3) is 0.500. The van der Waals surface area contributed by atoms with Crippen LogP contribution in [0.2, 0.25) is 0 Å². The Labute approximate surface area is 100 Å². The fourth-order valence-electron chi connectivity index (χ4n) is 2.34. The number of anilines is 1. The van der Waals surface area contributed by atoms with E-state index in [2.05, 4.69) is 25.6 Å². The van der Waals surface area contributed by atoms with Crippen molar-refractivity contribution in [1.29, 1.82) is 0 Å². The zero-order chi connectivity index (χ0) is 11.7. The summed E-state index contributed by atoms with van der Waals surface area (Å²) in [5.74, 6) is 2.49. The van der Waals surface area contributed by atoms with Gasteiger partial charge in [0.05, 0.1) is 5.52 Å². The average molecular weight is 231 g/mol. The van der Waals surface area contributed by atoms with Gasteiger partial charge in [-0.25, -0.2) is 9.97 Å². The minimum absolute atomic E-state index is 0.545. The second kappa shape index (κ2) is 4.33. The van der Waals surface area contributed by atoms with Crippen molar-refractivity contribution in [2.24, 2.45) is 0 Å². The van der Waals surface area contributed by atoms with Gasteiger partial charge in [-0.1, -0.05) is 0 Å². The molecule has 17 heavy (non-hydrogen) atoms. The number of aromatic amines is 1. The van der Waals surface area contributed by atoms with Gasteiger partial charge in [0.15, 0.2) is 5.65 Å². The minimum atomic E-state index is 0.545. The third-order valence-electron chi connectivity index (χ3n) is 3.35. The van der Waals surface area contributed by atoms with Gasteiger partial charge in [0.2, 0.25) is 0 Å². The van der Waals surface area contributed by atoms with E-state index in [1.54, 1.807) is 0 Å². The van der Waals surface area contributed by atoms with Crippen LogP contribution < -0.4 is 10.6 Å². The van der Waals surface area contributed by atoms with Gasteiger partial charge < -0.3 is 15.6 Å². The Bertz CT molecular complexity index is 513. The van der Waals surface area contributed by atoms with Gasteiger partial charge in [-0.3, -0.25) is 0 Å². The van der Waals surface area contributed by atoms with Crippen LogP contribution in [0, 0.1) is 0 Å². The molecular weight excluding hydrogens is 214 g/mol. The molecule has 0 amide bonds. The molecule has 0 atom stereocenters. The number of aromatic nitrogens is 3. The lowest BCUT2D eigenvalue weighted by Gasteiger charge is -2.20. The number of H-pyrrole nitrogens is 1. The molecule has 3 N–H and O–H groups in total. The number of piperidine rings is 1. The molecule has 2 aromatic heterocycles. The second-order valence-corrected chi connectivity index (χ2v) is 4.46. The Balaban J connectivity index is 1.95. The predicted octanol–water partition coefficient (Wildman–Crippen LogP) is 1.47. The minimum Gasteiger partial charge on any atom is -0.373 e. The fourth-order valence-corrected chi connectivity index (χ4v) is 2.34. The van der Waals surface area contributed by atoms with Crippen LogP contribution in [0.5, 0.6) is 0 Å². The highest BCUT2D eigenvalue weighted by atomic mass is 15.0. The Morgan fingerprint density at radius 1 is 1.24 bits per heavy atom. The molecule has 90 valence electrons. The number of nitrogens with one attached hydrogen (secondary N) is 3. The maximum atomic E-state index is 4.61. The number of imidazole rings is 1. The van der Waals surface area contributed by atoms with Gasteiger partial charge in [-0.05, 0) is 38.1 Å². The van der Waals surface area contributed by atoms with Crippen molar-refractivity contribution in [2.45, 2.75) is 18.8 Å². The molecule has 1 fully saturated rings. The maximum absolute atomic E-state index is 4.61. The molecule has 0 bridgehead atoms. The molecule has 3 heterocycles. The van der Waals surface area contributed by atoms with Gasteiger partial charge in [0.25, 0.3) is 0 Å². The van der Waals surface area contributed by atoms with Crippen LogP contribution in [0.25, 0.3) is 11.2 Å². The molecule has 0 unspecified atom stereocenters. The number of nitrogens with zero attached hydrogens (tertiary/aromatic N) is 2. The van der Waals surface area contributed by atoms with E-state index < -0.39 is 0 Å². The quantitative estimate of drug-likeness (QED) is 0.732. The summed E-state index contributed by atoms with van der Waals surface area (Å²) in [7, 11) is 1.87. The third-order valence-corrected chi connectivity index (χ3v) is 3.35. The molecule has 3 rings (SSSR count). The average Bonchev–Trinajstić information content (AvgIpc) is 2.82. The summed E-state index contributed by atoms with van der Waals surface area (Å²) < 4.78 is 0. The maximum Gasteiger partial charge on any atom is 0.179 e. The molecular formula is C12H17N5. The molecule has 1 aliphatic rings. The van der Waals surface area contributed by atoms with Crippen molar-refractivity contribution in [3.63, 3.8) is 0 Å². The van der Waals surface area contributed by atoms with E-state index >= 15 is 0 Å². The molecule has 1 saturated heterocycles. The lowest BCUT2D eigenvalue weighted by Crippen LogP contribution is -2.27. The summed E-state index contributed by atoms with van der Waals surface area (Å²) in [5, 5.41) is 6.40. The van der Waals surface area contributed by atoms with E-state index in [0.29, 0.717) is 5.92 Å². The van der Waals surface area contributed by atoms with E-state index in [4.69, 9.17) is 0 Å². The van der Waals surface area contributed by atoms with Crippen LogP contribution in [0.15, 0.2) is 12.1 Å². The first-order chi connectivity index (χ1) is 8.36. The van der Waals surface area contributed by atoms with Crippen LogP contribution in [0.3, 0.4) is 0 Å². The van der Waals surface area contributed by atoms with Crippen molar-refractivity contribution >= 4 is 17.0 Å². The standard InChI is InChI=1S/C12H17N5/c1-13-10-3-2-9-12(16-10)17-11(15-9)8-4-6-14-7-5-8/h2-3,8,14H,4-7H2,1H3,(H2,13,15,16,17). The Morgan fingerprint density at radius 3 is 2.82 bits per heavy atom. The van der Waals surface area contributed by atoms with E-state index in [9.17, 15) is 0 Å². The summed E-state index contributed by atoms with van der Waals surface area (Å²) in [6.07, 6.45) is 2.30. The molecule has 2 aromatic rings. The normalized spacial score (nSPS) is 17.5. The van der Waals surface area contributed by atoms with Crippen molar-refractivity contribution in [3.05, 3.63) is 18.0 Å². The van der Waals surface area contributed by atoms with Gasteiger partial charge >= 0.3 is 0 Å². The predicted molar refractivity (Wildman–Crippen MR) is 68.3 cm³/mol. The highest BCUT2D eigenvalue weighted by molar-refractivity contribution is 5.73. The van der Waals surface area contributed by atoms with E-state index in [1.807, 2.05) is 19.2 Å². The number of fused-ring (bicyclic) bond motifs is 1. The Morgan fingerprint density at radius 2 is 2.06 bits per heavy atom. The largest absolute Gasteiger partial charge is 0.373 e. The zero-order valence-electron chi connectivity index (χ0n) is 9.95. The molecule has 5 heteroatoms. The molecule has 0 aromatic carbocycles. The smallest absolute Gasteiger partial charge is 0.179 e. The highest BCUT2D eigenvalue weighted by Gasteiger charge is 2.18. The van der Waals surface area contributed by atoms with Crippen LogP contribution in [-0.2, 0) is 0 Å². The lowest BCUT2D eigenvalue weighted by molar-refractivity contribution is 0.448. The summed E-state index contributed by atoms with van der Waals surface area (Å²) >= 11 is 0. The van der Waals surface area contributed by atoms with Crippen LogP contribution in [0.4, 0.5) is 5.82 Å². The first-order valence-corrected chi connectivity index (χ1v) is 6.12. The van der Waals surface area contributed by atoms with Crippen LogP contribution >= 0.6 is 0 Å². The highest BCUT2D eigenvalue weighted by Crippen LogP contribution is 2.24. The van der Waals surface area contributed by atoms with Gasteiger partial charge in [0.1, 0.15) is 11.6 Å². The second-order valence-electron chi connectivity index (χ2n) is 4.46. The van der Waals surface area contributed by atoms with Crippen LogP contribution in [-0.4, -0.2) is 35.1 Å². The Hall–Kier alpha value is -1.62. The van der Waals surface area contributed by atoms with Gasteiger partial charge in [0, 0.05) is 13.0 Å². The number of hydrogen-bond donors (Lipinski definition) is 3. The SMILES string of the molecule is CNc1ccc2[nH]c(C3CCNCC3)nc2n1. The lowest BCUT2D eigenvalue weighted by atomic mass is 9.98. The number of pyridine rings is 1. The first kappa shape index (κ1) is 10.5. The molecule has 0 spiro atoms. The monoisotopic (exact) mass is 231 g/mol. The van der Waals surface area contributed by atoms with Crippen molar-refractivity contribution < 1.29 is 0 Å². The van der Waals surface area contributed by atoms with Crippen molar-refractivity contribution in [3.8, 4) is 0 Å². The summed E-state index contributed by atoms with van der Waals surface area (Å²) in [4.78, 5) is 12.4. The molecule has 0 saturated carbocycles. The van der Waals surface area contributed by atoms with Crippen molar-refractivity contribution in [2.75, 3.05) is 25.5 Å². The topological polar surface area (TPSA) is 65.6 Å². The molecule has 1 aliphatic heterocycles. The third kappa shape index (κ3) is 1.98. The Kier molecular flexibility index (Phi) is 2.68. The van der Waals surface area contributed by atoms with Gasteiger partial charge in [-0.15, -0.1) is 0 Å².